The molecule has 0 heterocycles. The third-order valence-electron chi connectivity index (χ3n) is 4.46. The molecule has 3 aromatic carbocycles. The molecule has 0 saturated carbocycles. The normalized spacial score (nSPS) is 17.6. The van der Waals surface area contributed by atoms with Crippen molar-refractivity contribution in [3.8, 4) is 5.75 Å². The van der Waals surface area contributed by atoms with Gasteiger partial charge in [-0.05, 0) is 29.8 Å². The lowest BCUT2D eigenvalue weighted by Crippen LogP contribution is -2.13. The number of hydrogen-bond donors (Lipinski definition) is 0. The first-order valence-corrected chi connectivity index (χ1v) is 8.19. The van der Waals surface area contributed by atoms with E-state index in [-0.39, 0.29) is 11.7 Å². The van der Waals surface area contributed by atoms with Crippen LogP contribution in [0.25, 0.3) is 0 Å². The SMILES string of the molecule is COc1ccc([C@H]2C(=O)c3ccccc3C2=Nc2ccccc2)cc1. The molecule has 1 aliphatic carbocycles. The Morgan fingerprint density at radius 2 is 1.44 bits per heavy atom. The van der Waals surface area contributed by atoms with Crippen molar-refractivity contribution in [2.45, 2.75) is 5.92 Å². The lowest BCUT2D eigenvalue weighted by atomic mass is 9.93. The molecule has 0 saturated heterocycles. The summed E-state index contributed by atoms with van der Waals surface area (Å²) in [6, 6.07) is 25.1. The van der Waals surface area contributed by atoms with E-state index >= 15 is 0 Å². The second-order valence-corrected chi connectivity index (χ2v) is 5.95. The summed E-state index contributed by atoms with van der Waals surface area (Å²) in [7, 11) is 1.63. The zero-order valence-electron chi connectivity index (χ0n) is 13.8. The molecule has 0 aliphatic heterocycles. The quantitative estimate of drug-likeness (QED) is 0.693. The van der Waals surface area contributed by atoms with E-state index < -0.39 is 0 Å². The molecule has 0 radical (unpaired) electrons. The zero-order chi connectivity index (χ0) is 17.2. The Balaban J connectivity index is 1.86. The molecular weight excluding hydrogens is 310 g/mol. The predicted octanol–water partition coefficient (Wildman–Crippen LogP) is 4.80. The number of benzene rings is 3. The van der Waals surface area contributed by atoms with E-state index in [1.807, 2.05) is 78.9 Å². The van der Waals surface area contributed by atoms with Crippen LogP contribution in [0.1, 0.15) is 27.4 Å². The first-order valence-electron chi connectivity index (χ1n) is 8.19. The first-order chi connectivity index (χ1) is 12.3. The van der Waals surface area contributed by atoms with Crippen LogP contribution in [-0.2, 0) is 0 Å². The first kappa shape index (κ1) is 15.3. The van der Waals surface area contributed by atoms with Gasteiger partial charge in [-0.3, -0.25) is 9.79 Å². The lowest BCUT2D eigenvalue weighted by Gasteiger charge is -2.12. The number of ether oxygens (including phenoxy) is 1. The van der Waals surface area contributed by atoms with Gasteiger partial charge in [0.05, 0.1) is 24.4 Å². The van der Waals surface area contributed by atoms with E-state index in [2.05, 4.69) is 0 Å². The van der Waals surface area contributed by atoms with Gasteiger partial charge < -0.3 is 4.74 Å². The lowest BCUT2D eigenvalue weighted by molar-refractivity contribution is 0.0988. The fourth-order valence-electron chi connectivity index (χ4n) is 3.23. The highest BCUT2D eigenvalue weighted by atomic mass is 16.5. The van der Waals surface area contributed by atoms with Crippen molar-refractivity contribution in [3.05, 3.63) is 95.6 Å². The fraction of sp³-hybridized carbons (Fsp3) is 0.0909. The smallest absolute Gasteiger partial charge is 0.176 e. The summed E-state index contributed by atoms with van der Waals surface area (Å²) in [4.78, 5) is 17.9. The maximum absolute atomic E-state index is 13.0. The molecule has 3 nitrogen and oxygen atoms in total. The summed E-state index contributed by atoms with van der Waals surface area (Å²) in [6.45, 7) is 0. The van der Waals surface area contributed by atoms with E-state index in [4.69, 9.17) is 9.73 Å². The van der Waals surface area contributed by atoms with Crippen LogP contribution in [-0.4, -0.2) is 18.6 Å². The summed E-state index contributed by atoms with van der Waals surface area (Å²) >= 11 is 0. The van der Waals surface area contributed by atoms with Gasteiger partial charge in [0, 0.05) is 11.1 Å². The molecule has 0 aromatic heterocycles. The standard InChI is InChI=1S/C22H17NO2/c1-25-17-13-11-15(12-14-17)20-21(23-16-7-3-2-4-8-16)18-9-5-6-10-19(18)22(20)24/h2-14,20H,1H3/t20-/m1/s1. The third-order valence-corrected chi connectivity index (χ3v) is 4.46. The molecule has 0 spiro atoms. The van der Waals surface area contributed by atoms with Crippen LogP contribution in [0.2, 0.25) is 0 Å². The summed E-state index contributed by atoms with van der Waals surface area (Å²) < 4.78 is 5.23. The van der Waals surface area contributed by atoms with Gasteiger partial charge in [-0.25, -0.2) is 0 Å². The number of fused-ring (bicyclic) bond motifs is 1. The highest BCUT2D eigenvalue weighted by molar-refractivity contribution is 6.32. The van der Waals surface area contributed by atoms with E-state index in [1.165, 1.54) is 0 Å². The summed E-state index contributed by atoms with van der Waals surface area (Å²) in [5.41, 5.74) is 4.23. The monoisotopic (exact) mass is 327 g/mol. The van der Waals surface area contributed by atoms with Crippen molar-refractivity contribution in [1.29, 1.82) is 0 Å². The number of nitrogens with zero attached hydrogens (tertiary/aromatic N) is 1. The van der Waals surface area contributed by atoms with Crippen LogP contribution in [0.3, 0.4) is 0 Å². The molecule has 0 amide bonds. The number of carbonyl (C=O) groups is 1. The van der Waals surface area contributed by atoms with Crippen LogP contribution in [0, 0.1) is 0 Å². The van der Waals surface area contributed by atoms with E-state index in [9.17, 15) is 4.79 Å². The minimum Gasteiger partial charge on any atom is -0.497 e. The van der Waals surface area contributed by atoms with Crippen molar-refractivity contribution < 1.29 is 9.53 Å². The number of ketones is 1. The van der Waals surface area contributed by atoms with Gasteiger partial charge in [-0.2, -0.15) is 0 Å². The largest absolute Gasteiger partial charge is 0.497 e. The highest BCUT2D eigenvalue weighted by Gasteiger charge is 2.37. The van der Waals surface area contributed by atoms with Crippen molar-refractivity contribution in [2.24, 2.45) is 4.99 Å². The van der Waals surface area contributed by atoms with Gasteiger partial charge >= 0.3 is 0 Å². The highest BCUT2D eigenvalue weighted by Crippen LogP contribution is 2.36. The van der Waals surface area contributed by atoms with Crippen molar-refractivity contribution in [1.82, 2.24) is 0 Å². The van der Waals surface area contributed by atoms with Crippen molar-refractivity contribution in [2.75, 3.05) is 7.11 Å². The van der Waals surface area contributed by atoms with Crippen LogP contribution in [0.15, 0.2) is 83.9 Å². The maximum Gasteiger partial charge on any atom is 0.176 e. The van der Waals surface area contributed by atoms with Crippen LogP contribution in [0.4, 0.5) is 5.69 Å². The second-order valence-electron chi connectivity index (χ2n) is 5.95. The Bertz CT molecular complexity index is 943. The molecule has 1 aliphatic rings. The van der Waals surface area contributed by atoms with Gasteiger partial charge in [-0.1, -0.05) is 54.6 Å². The summed E-state index contributed by atoms with van der Waals surface area (Å²) in [5.74, 6) is 0.479. The number of para-hydroxylation sites is 1. The summed E-state index contributed by atoms with van der Waals surface area (Å²) in [6.07, 6.45) is 0. The summed E-state index contributed by atoms with van der Waals surface area (Å²) in [5, 5.41) is 0. The van der Waals surface area contributed by atoms with Crippen molar-refractivity contribution >= 4 is 17.2 Å². The second kappa shape index (κ2) is 6.36. The van der Waals surface area contributed by atoms with Gasteiger partial charge in [0.25, 0.3) is 0 Å². The zero-order valence-corrected chi connectivity index (χ0v) is 13.8. The maximum atomic E-state index is 13.0. The topological polar surface area (TPSA) is 38.7 Å². The fourth-order valence-corrected chi connectivity index (χ4v) is 3.23. The molecule has 3 heteroatoms. The minimum atomic E-state index is -0.386. The average Bonchev–Trinajstić information content (AvgIpc) is 2.95. The van der Waals surface area contributed by atoms with Crippen molar-refractivity contribution in [3.63, 3.8) is 0 Å². The Labute approximate surface area is 146 Å². The third kappa shape index (κ3) is 2.74. The van der Waals surface area contributed by atoms with Crippen LogP contribution < -0.4 is 4.74 Å². The predicted molar refractivity (Wildman–Crippen MR) is 99.1 cm³/mol. The minimum absolute atomic E-state index is 0.0930. The molecule has 122 valence electrons. The van der Waals surface area contributed by atoms with E-state index in [0.29, 0.717) is 0 Å². The number of carbonyl (C=O) groups excluding carboxylic acids is 1. The van der Waals surface area contributed by atoms with Gasteiger partial charge in [0.1, 0.15) is 5.75 Å². The Hall–Kier alpha value is -3.20. The van der Waals surface area contributed by atoms with E-state index in [1.54, 1.807) is 7.11 Å². The molecule has 0 unspecified atom stereocenters. The Kier molecular flexibility index (Phi) is 3.90. The van der Waals surface area contributed by atoms with Crippen LogP contribution >= 0.6 is 0 Å². The van der Waals surface area contributed by atoms with Gasteiger partial charge in [-0.15, -0.1) is 0 Å². The molecule has 0 N–H and O–H groups in total. The number of hydrogen-bond acceptors (Lipinski definition) is 3. The molecule has 0 bridgehead atoms. The van der Waals surface area contributed by atoms with Gasteiger partial charge in [0.2, 0.25) is 0 Å². The molecule has 4 rings (SSSR count). The number of aliphatic imine (C=N–C) groups is 1. The molecular formula is C22H17NO2. The Morgan fingerprint density at radius 3 is 2.12 bits per heavy atom. The molecule has 1 atom stereocenters. The number of methoxy groups -OCH3 is 1. The number of rotatable bonds is 3. The Morgan fingerprint density at radius 1 is 0.800 bits per heavy atom. The van der Waals surface area contributed by atoms with Crippen LogP contribution in [0.5, 0.6) is 5.75 Å². The molecule has 25 heavy (non-hydrogen) atoms. The average molecular weight is 327 g/mol. The molecule has 3 aromatic rings. The number of Topliss-reactive ketones (excluding diaryl/α,β-unsaturated/α-hetero) is 1. The van der Waals surface area contributed by atoms with E-state index in [0.717, 1.165) is 33.8 Å². The molecule has 0 fully saturated rings. The van der Waals surface area contributed by atoms with Gasteiger partial charge in [0.15, 0.2) is 5.78 Å².